The first kappa shape index (κ1) is 14.1. The monoisotopic (exact) mass is 264 g/mol. The van der Waals surface area contributed by atoms with E-state index >= 15 is 0 Å². The zero-order valence-corrected chi connectivity index (χ0v) is 11.8. The molecule has 0 bridgehead atoms. The summed E-state index contributed by atoms with van der Waals surface area (Å²) in [4.78, 5) is 10.9. The lowest BCUT2D eigenvalue weighted by Crippen LogP contribution is -2.44. The largest absolute Gasteiger partial charge is 0.391 e. The van der Waals surface area contributed by atoms with Gasteiger partial charge < -0.3 is 15.7 Å². The highest BCUT2D eigenvalue weighted by Gasteiger charge is 2.27. The first-order valence-corrected chi connectivity index (χ1v) is 7.16. The van der Waals surface area contributed by atoms with E-state index in [1.807, 2.05) is 7.05 Å². The van der Waals surface area contributed by atoms with E-state index in [1.54, 1.807) is 6.07 Å². The smallest absolute Gasteiger partial charge is 0.134 e. The van der Waals surface area contributed by atoms with Crippen molar-refractivity contribution in [2.24, 2.45) is 0 Å². The third-order valence-corrected chi connectivity index (χ3v) is 3.81. The summed E-state index contributed by atoms with van der Waals surface area (Å²) in [5, 5.41) is 10.1. The van der Waals surface area contributed by atoms with Crippen LogP contribution in [0, 0.1) is 0 Å². The molecule has 5 heteroatoms. The van der Waals surface area contributed by atoms with E-state index < -0.39 is 0 Å². The zero-order chi connectivity index (χ0) is 13.8. The fourth-order valence-electron chi connectivity index (χ4n) is 2.73. The molecule has 19 heavy (non-hydrogen) atoms. The van der Waals surface area contributed by atoms with Crippen LogP contribution in [0.2, 0.25) is 0 Å². The van der Waals surface area contributed by atoms with Crippen LogP contribution in [-0.4, -0.2) is 34.3 Å². The van der Waals surface area contributed by atoms with Crippen LogP contribution in [0.25, 0.3) is 0 Å². The first-order chi connectivity index (χ1) is 9.11. The Morgan fingerprint density at radius 1 is 1.37 bits per heavy atom. The van der Waals surface area contributed by atoms with E-state index in [0.717, 1.165) is 50.2 Å². The number of hydrogen-bond donors (Lipinski definition) is 2. The Labute approximate surface area is 114 Å². The molecule has 0 aromatic carbocycles. The van der Waals surface area contributed by atoms with Crippen molar-refractivity contribution in [3.05, 3.63) is 11.9 Å². The third-order valence-electron chi connectivity index (χ3n) is 3.81. The second-order valence-corrected chi connectivity index (χ2v) is 5.35. The summed E-state index contributed by atoms with van der Waals surface area (Å²) in [6, 6.07) is 1.93. The minimum atomic E-state index is -0.274. The summed E-state index contributed by atoms with van der Waals surface area (Å²) in [7, 11) is 1.98. The average Bonchev–Trinajstić information content (AvgIpc) is 2.38. The maximum atomic E-state index is 10.1. The molecule has 1 aliphatic rings. The van der Waals surface area contributed by atoms with Gasteiger partial charge in [0.2, 0.25) is 0 Å². The Balaban J connectivity index is 2.19. The predicted molar refractivity (Wildman–Crippen MR) is 77.1 cm³/mol. The normalized spacial score (nSPS) is 23.3. The topological polar surface area (TPSA) is 75.3 Å². The van der Waals surface area contributed by atoms with Crippen molar-refractivity contribution < 1.29 is 5.11 Å². The number of aromatic nitrogens is 2. The second kappa shape index (κ2) is 6.19. The van der Waals surface area contributed by atoms with Crippen LogP contribution in [0.3, 0.4) is 0 Å². The van der Waals surface area contributed by atoms with E-state index in [-0.39, 0.29) is 12.1 Å². The van der Waals surface area contributed by atoms with Gasteiger partial charge in [-0.2, -0.15) is 0 Å². The van der Waals surface area contributed by atoms with Crippen LogP contribution in [0.4, 0.5) is 11.6 Å². The lowest BCUT2D eigenvalue weighted by Gasteiger charge is -2.36. The SMILES string of the molecule is CCCc1nc(N)cc(N(C)C2CCCCC2O)n1. The molecule has 0 radical (unpaired) electrons. The molecule has 5 nitrogen and oxygen atoms in total. The Bertz CT molecular complexity index is 424. The van der Waals surface area contributed by atoms with Crippen LogP contribution in [0.5, 0.6) is 0 Å². The van der Waals surface area contributed by atoms with Gasteiger partial charge in [0.1, 0.15) is 17.5 Å². The highest BCUT2D eigenvalue weighted by molar-refractivity contribution is 5.47. The molecule has 2 unspecified atom stereocenters. The fourth-order valence-corrected chi connectivity index (χ4v) is 2.73. The molecule has 3 N–H and O–H groups in total. The van der Waals surface area contributed by atoms with E-state index in [2.05, 4.69) is 21.8 Å². The number of likely N-dealkylation sites (N-methyl/N-ethyl adjacent to an activating group) is 1. The Kier molecular flexibility index (Phi) is 4.58. The second-order valence-electron chi connectivity index (χ2n) is 5.35. The third kappa shape index (κ3) is 3.35. The molecule has 106 valence electrons. The number of anilines is 2. The molecule has 1 heterocycles. The standard InChI is InChI=1S/C14H24N4O/c1-3-6-13-16-12(15)9-14(17-13)18(2)10-7-4-5-8-11(10)19/h9-11,19H,3-8H2,1-2H3,(H2,15,16,17). The molecule has 2 atom stereocenters. The summed E-state index contributed by atoms with van der Waals surface area (Å²) in [5.41, 5.74) is 5.85. The number of nitrogen functional groups attached to an aromatic ring is 1. The van der Waals surface area contributed by atoms with Crippen molar-refractivity contribution in [1.82, 2.24) is 9.97 Å². The molecule has 1 aliphatic carbocycles. The van der Waals surface area contributed by atoms with Crippen molar-refractivity contribution in [2.45, 2.75) is 57.6 Å². The number of aliphatic hydroxyl groups is 1. The van der Waals surface area contributed by atoms with Crippen molar-refractivity contribution in [1.29, 1.82) is 0 Å². The van der Waals surface area contributed by atoms with E-state index in [0.29, 0.717) is 5.82 Å². The van der Waals surface area contributed by atoms with Gasteiger partial charge in [-0.05, 0) is 19.3 Å². The molecular weight excluding hydrogens is 240 g/mol. The van der Waals surface area contributed by atoms with Crippen LogP contribution < -0.4 is 10.6 Å². The molecule has 2 rings (SSSR count). The molecule has 1 aromatic rings. The Morgan fingerprint density at radius 2 is 2.11 bits per heavy atom. The molecule has 0 amide bonds. The number of nitrogens with zero attached hydrogens (tertiary/aromatic N) is 3. The highest BCUT2D eigenvalue weighted by atomic mass is 16.3. The Hall–Kier alpha value is -1.36. The first-order valence-electron chi connectivity index (χ1n) is 7.16. The van der Waals surface area contributed by atoms with Gasteiger partial charge in [0.15, 0.2) is 0 Å². The molecule has 0 spiro atoms. The molecular formula is C14H24N4O. The summed E-state index contributed by atoms with van der Waals surface area (Å²) in [6.07, 6.45) is 5.71. The van der Waals surface area contributed by atoms with Crippen molar-refractivity contribution in [3.63, 3.8) is 0 Å². The van der Waals surface area contributed by atoms with Gasteiger partial charge in [0.25, 0.3) is 0 Å². The fraction of sp³-hybridized carbons (Fsp3) is 0.714. The van der Waals surface area contributed by atoms with Gasteiger partial charge in [0.05, 0.1) is 12.1 Å². The highest BCUT2D eigenvalue weighted by Crippen LogP contribution is 2.26. The summed E-state index contributed by atoms with van der Waals surface area (Å²) >= 11 is 0. The molecule has 0 aliphatic heterocycles. The summed E-state index contributed by atoms with van der Waals surface area (Å²) in [6.45, 7) is 2.10. The molecule has 0 saturated heterocycles. The number of rotatable bonds is 4. The van der Waals surface area contributed by atoms with Gasteiger partial charge in [-0.3, -0.25) is 0 Å². The van der Waals surface area contributed by atoms with Crippen LogP contribution in [0.1, 0.15) is 44.9 Å². The maximum absolute atomic E-state index is 10.1. The average molecular weight is 264 g/mol. The van der Waals surface area contributed by atoms with Gasteiger partial charge >= 0.3 is 0 Å². The van der Waals surface area contributed by atoms with E-state index in [4.69, 9.17) is 5.73 Å². The number of aliphatic hydroxyl groups excluding tert-OH is 1. The van der Waals surface area contributed by atoms with Crippen molar-refractivity contribution >= 4 is 11.6 Å². The minimum Gasteiger partial charge on any atom is -0.391 e. The summed E-state index contributed by atoms with van der Waals surface area (Å²) < 4.78 is 0. The van der Waals surface area contributed by atoms with Crippen LogP contribution in [0.15, 0.2) is 6.07 Å². The minimum absolute atomic E-state index is 0.137. The predicted octanol–water partition coefficient (Wildman–Crippen LogP) is 1.75. The van der Waals surface area contributed by atoms with E-state index in [9.17, 15) is 5.11 Å². The molecule has 1 fully saturated rings. The van der Waals surface area contributed by atoms with Gasteiger partial charge in [-0.25, -0.2) is 9.97 Å². The zero-order valence-electron chi connectivity index (χ0n) is 11.8. The van der Waals surface area contributed by atoms with E-state index in [1.165, 1.54) is 0 Å². The maximum Gasteiger partial charge on any atom is 0.134 e. The lowest BCUT2D eigenvalue weighted by molar-refractivity contribution is 0.106. The lowest BCUT2D eigenvalue weighted by atomic mass is 9.91. The Morgan fingerprint density at radius 3 is 2.79 bits per heavy atom. The number of hydrogen-bond acceptors (Lipinski definition) is 5. The molecule has 1 saturated carbocycles. The van der Waals surface area contributed by atoms with Crippen LogP contribution >= 0.6 is 0 Å². The number of aryl methyl sites for hydroxylation is 1. The van der Waals surface area contributed by atoms with Crippen molar-refractivity contribution in [3.8, 4) is 0 Å². The van der Waals surface area contributed by atoms with Gasteiger partial charge in [-0.15, -0.1) is 0 Å². The van der Waals surface area contributed by atoms with Gasteiger partial charge in [-0.1, -0.05) is 19.8 Å². The quantitative estimate of drug-likeness (QED) is 0.866. The number of nitrogens with two attached hydrogens (primary N) is 1. The van der Waals surface area contributed by atoms with Crippen molar-refractivity contribution in [2.75, 3.05) is 17.7 Å². The van der Waals surface area contributed by atoms with Gasteiger partial charge in [0, 0.05) is 19.5 Å². The molecule has 1 aromatic heterocycles. The van der Waals surface area contributed by atoms with Crippen LogP contribution in [-0.2, 0) is 6.42 Å². The summed E-state index contributed by atoms with van der Waals surface area (Å²) in [5.74, 6) is 2.11.